The van der Waals surface area contributed by atoms with E-state index in [1.54, 1.807) is 50.2 Å². The number of hydrogen-bond acceptors (Lipinski definition) is 18. The van der Waals surface area contributed by atoms with Crippen molar-refractivity contribution >= 4 is 105 Å². The molecule has 4 fully saturated rings. The minimum absolute atomic E-state index is 0.000209. The molecule has 2 heterocycles. The van der Waals surface area contributed by atoms with E-state index in [2.05, 4.69) is 77.0 Å². The number of aromatic nitrogens is 1. The molecule has 33 nitrogen and oxygen atoms in total. The van der Waals surface area contributed by atoms with Crippen molar-refractivity contribution in [3.05, 3.63) is 154 Å². The SMILES string of the molecule is CC(=O)N[C@H](Cc1ccc2ccccc2c1)C(=O)N[C@H](Cc1ccc(Cl)cc1)C(=O)N[C@H](Cc1cccnc1)C(=O)N[C@@H](CO)C(=O)N[C@@H](Cc1ccc(O)cc1)C(=O)N[C@H](CCCNC(N)=O)C(=O)N[C@@H](CC(C)C)C(=O)N[C@@H](CCCN=C(N)N)C(=O)N1CCC[C@H]1C(=O)N[C@H](C)C(N)=O.C[C@]12CC[C@H]3[C@@H](CCC4=CC(=O)CC[C@@]43C)[C@@H]1CC[C@@H]2O. The van der Waals surface area contributed by atoms with Gasteiger partial charge in [-0.25, -0.2) is 4.79 Å². The van der Waals surface area contributed by atoms with E-state index >= 15 is 0 Å². The van der Waals surface area contributed by atoms with E-state index in [9.17, 15) is 77.6 Å². The third-order valence-electron chi connectivity index (χ3n) is 24.6. The molecule has 1 aliphatic heterocycles. The zero-order chi connectivity index (χ0) is 89.4. The van der Waals surface area contributed by atoms with Gasteiger partial charge >= 0.3 is 6.03 Å². The number of aliphatic imine (C=N–C) groups is 1. The van der Waals surface area contributed by atoms with Crippen LogP contribution in [0.4, 0.5) is 4.79 Å². The number of allylic oxidation sites excluding steroid dienone is 1. The molecular weight excluding hydrogens is 1600 g/mol. The maximum atomic E-state index is 14.9. The molecule has 123 heavy (non-hydrogen) atoms. The van der Waals surface area contributed by atoms with Crippen LogP contribution in [0.25, 0.3) is 10.8 Å². The molecule has 3 saturated carbocycles. The number of halogens is 1. The molecule has 16 atom stereocenters. The molecule has 1 aromatic heterocycles. The highest BCUT2D eigenvalue weighted by molar-refractivity contribution is 6.30. The van der Waals surface area contributed by atoms with E-state index in [0.717, 1.165) is 48.3 Å². The molecule has 5 aliphatic rings. The van der Waals surface area contributed by atoms with Crippen LogP contribution >= 0.6 is 11.6 Å². The maximum Gasteiger partial charge on any atom is 0.312 e. The topological polar surface area (TPSA) is 535 Å². The predicted molar refractivity (Wildman–Crippen MR) is 461 cm³/mol. The Morgan fingerprint density at radius 1 is 0.585 bits per heavy atom. The van der Waals surface area contributed by atoms with E-state index in [4.69, 9.17) is 34.5 Å². The van der Waals surface area contributed by atoms with Crippen molar-refractivity contribution in [3.63, 3.8) is 0 Å². The van der Waals surface area contributed by atoms with Gasteiger partial charge in [0.15, 0.2) is 11.7 Å². The number of amides is 13. The van der Waals surface area contributed by atoms with Gasteiger partial charge in [-0.2, -0.15) is 0 Å². The summed E-state index contributed by atoms with van der Waals surface area (Å²) in [4.78, 5) is 188. The molecule has 1 saturated heterocycles. The molecule has 0 spiro atoms. The fourth-order valence-corrected chi connectivity index (χ4v) is 18.1. The molecule has 4 aromatic carbocycles. The van der Waals surface area contributed by atoms with Crippen LogP contribution in [0.3, 0.4) is 0 Å². The minimum atomic E-state index is -1.85. The fraction of sp³-hybridized carbons (Fsp3) is 0.517. The zero-order valence-electron chi connectivity index (χ0n) is 70.6. The van der Waals surface area contributed by atoms with E-state index in [1.165, 1.54) is 86.7 Å². The molecule has 4 aliphatic carbocycles. The van der Waals surface area contributed by atoms with Crippen molar-refractivity contribution in [2.24, 2.45) is 62.4 Å². The number of primary amides is 2. The summed E-state index contributed by atoms with van der Waals surface area (Å²) in [6.07, 6.45) is 13.4. The fourth-order valence-electron chi connectivity index (χ4n) is 17.9. The van der Waals surface area contributed by atoms with Crippen molar-refractivity contribution in [1.82, 2.24) is 63.1 Å². The Balaban J connectivity index is 0.000000698. The third-order valence-corrected chi connectivity index (χ3v) is 24.8. The second-order valence-corrected chi connectivity index (χ2v) is 34.4. The Hall–Kier alpha value is -11.6. The predicted octanol–water partition coefficient (Wildman–Crippen LogP) is 3.16. The quantitative estimate of drug-likeness (QED) is 0.0153. The number of urea groups is 1. The summed E-state index contributed by atoms with van der Waals surface area (Å²) in [5, 5.41) is 60.0. The van der Waals surface area contributed by atoms with Crippen molar-refractivity contribution in [1.29, 1.82) is 0 Å². The van der Waals surface area contributed by atoms with Crippen LogP contribution in [0.2, 0.25) is 5.02 Å². The molecule has 0 unspecified atom stereocenters. The number of phenols is 1. The van der Waals surface area contributed by atoms with Crippen molar-refractivity contribution in [2.45, 2.75) is 230 Å². The van der Waals surface area contributed by atoms with Crippen molar-refractivity contribution in [3.8, 4) is 5.75 Å². The van der Waals surface area contributed by atoms with Gasteiger partial charge < -0.3 is 96.3 Å². The Morgan fingerprint density at radius 3 is 1.74 bits per heavy atom. The van der Waals surface area contributed by atoms with Gasteiger partial charge in [0.25, 0.3) is 0 Å². The monoisotopic (exact) mass is 1720 g/mol. The highest BCUT2D eigenvalue weighted by Gasteiger charge is 2.59. The number of rotatable bonds is 38. The van der Waals surface area contributed by atoms with Crippen molar-refractivity contribution in [2.75, 3.05) is 26.2 Å². The van der Waals surface area contributed by atoms with Crippen molar-refractivity contribution < 1.29 is 77.6 Å². The van der Waals surface area contributed by atoms with Crippen LogP contribution in [0.1, 0.15) is 160 Å². The number of aliphatic hydroxyl groups is 2. The number of nitrogens with two attached hydrogens (primary N) is 4. The highest BCUT2D eigenvalue weighted by atomic mass is 35.5. The number of likely N-dealkylation sites (tertiary alicyclic amines) is 1. The van der Waals surface area contributed by atoms with Gasteiger partial charge in [-0.1, -0.05) is 118 Å². The number of guanidine groups is 1. The lowest BCUT2D eigenvalue weighted by Gasteiger charge is -2.57. The average molecular weight is 1720 g/mol. The Bertz CT molecular complexity index is 4650. The molecular formula is C89H120ClN17O16. The molecule has 0 radical (unpaired) electrons. The molecule has 34 heteroatoms. The Morgan fingerprint density at radius 2 is 1.14 bits per heavy atom. The summed E-state index contributed by atoms with van der Waals surface area (Å²) in [5.74, 6) is -7.25. The Labute approximate surface area is 721 Å². The smallest absolute Gasteiger partial charge is 0.312 e. The molecule has 21 N–H and O–H groups in total. The lowest BCUT2D eigenvalue weighted by atomic mass is 9.47. The summed E-state index contributed by atoms with van der Waals surface area (Å²) in [6.45, 7) is 9.91. The maximum absolute atomic E-state index is 14.9. The van der Waals surface area contributed by atoms with Crippen LogP contribution in [0, 0.1) is 34.5 Å². The third kappa shape index (κ3) is 26.7. The Kier molecular flexibility index (Phi) is 34.4. The van der Waals surface area contributed by atoms with Crippen LogP contribution in [0.15, 0.2) is 132 Å². The van der Waals surface area contributed by atoms with Gasteiger partial charge in [0.05, 0.1) is 12.7 Å². The van der Waals surface area contributed by atoms with Gasteiger partial charge in [-0.3, -0.25) is 67.5 Å². The largest absolute Gasteiger partial charge is 0.508 e. The van der Waals surface area contributed by atoms with Crippen LogP contribution in [-0.2, 0) is 83.2 Å². The summed E-state index contributed by atoms with van der Waals surface area (Å²) < 4.78 is 0. The summed E-state index contributed by atoms with van der Waals surface area (Å²) in [6, 6.07) is 13.5. The second kappa shape index (κ2) is 44.5. The molecule has 5 aromatic rings. The van der Waals surface area contributed by atoms with Gasteiger partial charge in [-0.15, -0.1) is 0 Å². The van der Waals surface area contributed by atoms with E-state index in [1.807, 2.05) is 48.5 Å². The number of fused-ring (bicyclic) bond motifs is 6. The number of benzene rings is 4. The van der Waals surface area contributed by atoms with E-state index in [-0.39, 0.29) is 118 Å². The van der Waals surface area contributed by atoms with E-state index in [0.29, 0.717) is 45.4 Å². The highest BCUT2D eigenvalue weighted by Crippen LogP contribution is 2.65. The van der Waals surface area contributed by atoms with E-state index < -0.39 is 138 Å². The zero-order valence-corrected chi connectivity index (χ0v) is 71.4. The number of ketones is 1. The number of phenolic OH excluding ortho intramolecular Hbond substituents is 1. The summed E-state index contributed by atoms with van der Waals surface area (Å²) >= 11 is 6.23. The number of pyridine rings is 1. The average Bonchev–Trinajstić information content (AvgIpc) is 1.64. The van der Waals surface area contributed by atoms with Gasteiger partial charge in [0.1, 0.15) is 66.2 Å². The number of nitrogens with one attached hydrogen (secondary N) is 10. The first kappa shape index (κ1) is 95.3. The summed E-state index contributed by atoms with van der Waals surface area (Å²) in [5.41, 5.74) is 25.8. The number of hydrogen-bond donors (Lipinski definition) is 17. The first-order valence-corrected chi connectivity index (χ1v) is 42.7. The van der Waals surface area contributed by atoms with Gasteiger partial charge in [-0.05, 0) is 201 Å². The van der Waals surface area contributed by atoms with Crippen LogP contribution in [-0.4, -0.2) is 201 Å². The van der Waals surface area contributed by atoms with Crippen LogP contribution < -0.4 is 76.1 Å². The lowest BCUT2D eigenvalue weighted by Crippen LogP contribution is -2.61. The van der Waals surface area contributed by atoms with Crippen LogP contribution in [0.5, 0.6) is 5.75 Å². The van der Waals surface area contributed by atoms with Gasteiger partial charge in [0.2, 0.25) is 65.0 Å². The first-order chi connectivity index (χ1) is 58.5. The standard InChI is InChI=1S/C70H92ClN17O14.C19H28O2/c1-39(2)31-52(61(94)82-51(15-9-28-77-69(73)74)68(101)88-30-10-16-58(88)67(100)79-40(3)59(72)92)83-60(93)50(14-8-29-78-70(75)102)81-63(96)54(34-43-20-25-49(91)26-21-43)86-66(99)57(38-89)87-65(98)56(36-45-11-7-27-76-37-45)85-64(97)55(33-42-18-23-48(71)24-19-42)84-62(95)53(80-41(4)90)35-44-17-22-46-12-5-6-13-47(46)32-44;1-18-9-7-13(20)11-12(18)3-4-14-15-5-6-17(21)19(15,2)10-8-16(14)18/h5-7,11-13,17-27,32,37,39-40,50-58,89,91H,8-10,14-16,28-31,33-36,38H2,1-4H3,(H2,72,92)(H,79,100)(H,80,90)(H,81,96)(H,82,94)(H,83,93)(H,84,95)(H,85,97)(H,86,99)(H,87,98)(H4,73,74,77)(H3,75,78,102);11,14-17,21H,3-10H2,1-2H3/t40-,50-,51+,52+,53-,54+,55-,56-,57+,58+;14-,15-,16-,17-,18-,19-/m10/s1. The molecule has 0 bridgehead atoms. The van der Waals surface area contributed by atoms with Gasteiger partial charge in [0, 0.05) is 76.1 Å². The normalized spacial score (nSPS) is 21.6. The number of aromatic hydroxyl groups is 1. The lowest BCUT2D eigenvalue weighted by molar-refractivity contribution is -0.142. The minimum Gasteiger partial charge on any atom is -0.508 e. The summed E-state index contributed by atoms with van der Waals surface area (Å²) in [7, 11) is 0. The number of nitrogens with zero attached hydrogens (tertiary/aromatic N) is 3. The number of carbonyl (C=O) groups excluding carboxylic acids is 13. The molecule has 10 rings (SSSR count). The first-order valence-electron chi connectivity index (χ1n) is 42.3. The number of aliphatic hydroxyl groups excluding tert-OH is 2. The number of carbonyl (C=O) groups is 13. The molecule has 13 amide bonds. The molecule has 664 valence electrons. The second-order valence-electron chi connectivity index (χ2n) is 34.0.